The van der Waals surface area contributed by atoms with E-state index in [9.17, 15) is 4.79 Å². The summed E-state index contributed by atoms with van der Waals surface area (Å²) in [5.41, 5.74) is 2.45. The minimum Gasteiger partial charge on any atom is -0.434 e. The summed E-state index contributed by atoms with van der Waals surface area (Å²) in [6.45, 7) is 8.42. The van der Waals surface area contributed by atoms with Gasteiger partial charge in [-0.25, -0.2) is 0 Å². The lowest BCUT2D eigenvalue weighted by Crippen LogP contribution is -1.89. The summed E-state index contributed by atoms with van der Waals surface area (Å²) in [7, 11) is 0. The van der Waals surface area contributed by atoms with Crippen LogP contribution in [0.1, 0.15) is 40.5 Å². The van der Waals surface area contributed by atoms with Crippen LogP contribution in [0.4, 0.5) is 0 Å². The third-order valence-electron chi connectivity index (χ3n) is 1.90. The molecule has 74 valence electrons. The Morgan fingerprint density at radius 1 is 1.23 bits per heavy atom. The summed E-state index contributed by atoms with van der Waals surface area (Å²) in [6.07, 6.45) is 4.14. The fraction of sp³-hybridized carbons (Fsp3) is 0.545. The van der Waals surface area contributed by atoms with Gasteiger partial charge in [0.15, 0.2) is 0 Å². The molecule has 0 amide bonds. The number of rotatable bonds is 5. The minimum atomic E-state index is 0.472. The lowest BCUT2D eigenvalue weighted by Gasteiger charge is -2.03. The molecule has 0 aliphatic heterocycles. The van der Waals surface area contributed by atoms with Gasteiger partial charge in [0.05, 0.1) is 0 Å². The molecule has 0 bridgehead atoms. The van der Waals surface area contributed by atoms with Crippen LogP contribution >= 0.6 is 0 Å². The van der Waals surface area contributed by atoms with E-state index in [2.05, 4.69) is 19.9 Å². The first-order valence-corrected chi connectivity index (χ1v) is 4.48. The van der Waals surface area contributed by atoms with Gasteiger partial charge in [-0.3, -0.25) is 4.79 Å². The smallest absolute Gasteiger partial charge is 0.298 e. The summed E-state index contributed by atoms with van der Waals surface area (Å²) in [6, 6.07) is 0. The molecular formula is C11H18O2. The van der Waals surface area contributed by atoms with E-state index >= 15 is 0 Å². The third kappa shape index (κ3) is 6.14. The average molecular weight is 182 g/mol. The van der Waals surface area contributed by atoms with E-state index in [4.69, 9.17) is 4.74 Å². The zero-order valence-electron chi connectivity index (χ0n) is 8.89. The second-order valence-electron chi connectivity index (χ2n) is 3.37. The van der Waals surface area contributed by atoms with Crippen molar-refractivity contribution in [2.45, 2.75) is 40.5 Å². The van der Waals surface area contributed by atoms with Crippen LogP contribution < -0.4 is 0 Å². The van der Waals surface area contributed by atoms with Gasteiger partial charge in [0.25, 0.3) is 6.47 Å². The first-order valence-electron chi connectivity index (χ1n) is 4.48. The first kappa shape index (κ1) is 11.9. The van der Waals surface area contributed by atoms with Gasteiger partial charge in [-0.05, 0) is 46.1 Å². The van der Waals surface area contributed by atoms with E-state index in [1.165, 1.54) is 5.57 Å². The van der Waals surface area contributed by atoms with Crippen molar-refractivity contribution in [3.8, 4) is 0 Å². The van der Waals surface area contributed by atoms with Crippen LogP contribution in [0.5, 0.6) is 0 Å². The second-order valence-corrected chi connectivity index (χ2v) is 3.37. The van der Waals surface area contributed by atoms with Gasteiger partial charge in [0.2, 0.25) is 0 Å². The Hall–Kier alpha value is -1.05. The molecule has 0 heterocycles. The van der Waals surface area contributed by atoms with E-state index in [1.54, 1.807) is 0 Å². The zero-order chi connectivity index (χ0) is 10.3. The van der Waals surface area contributed by atoms with Crippen molar-refractivity contribution in [2.75, 3.05) is 0 Å². The van der Waals surface area contributed by atoms with Crippen molar-refractivity contribution < 1.29 is 9.53 Å². The molecule has 2 nitrogen and oxygen atoms in total. The van der Waals surface area contributed by atoms with Crippen LogP contribution in [0, 0.1) is 0 Å². The number of allylic oxidation sites excluding steroid dienone is 4. The van der Waals surface area contributed by atoms with Gasteiger partial charge >= 0.3 is 0 Å². The molecule has 0 saturated heterocycles. The molecule has 0 saturated carbocycles. The van der Waals surface area contributed by atoms with Gasteiger partial charge in [0.1, 0.15) is 5.76 Å². The quantitative estimate of drug-likeness (QED) is 0.371. The van der Waals surface area contributed by atoms with E-state index in [0.717, 1.165) is 24.2 Å². The predicted molar refractivity (Wildman–Crippen MR) is 54.2 cm³/mol. The summed E-state index contributed by atoms with van der Waals surface area (Å²) in [5.74, 6) is 0.720. The highest BCUT2D eigenvalue weighted by molar-refractivity contribution is 5.40. The van der Waals surface area contributed by atoms with E-state index in [0.29, 0.717) is 6.47 Å². The Morgan fingerprint density at radius 2 is 1.85 bits per heavy atom. The summed E-state index contributed by atoms with van der Waals surface area (Å²) < 4.78 is 4.74. The Balaban J connectivity index is 3.98. The normalized spacial score (nSPS) is 11.7. The van der Waals surface area contributed by atoms with Crippen molar-refractivity contribution in [3.05, 3.63) is 23.0 Å². The van der Waals surface area contributed by atoms with Crippen molar-refractivity contribution in [1.82, 2.24) is 0 Å². The van der Waals surface area contributed by atoms with E-state index in [-0.39, 0.29) is 0 Å². The Bertz CT molecular complexity index is 220. The number of carbonyl (C=O) groups excluding carboxylic acids is 1. The molecule has 0 atom stereocenters. The molecule has 0 radical (unpaired) electrons. The maximum Gasteiger partial charge on any atom is 0.298 e. The van der Waals surface area contributed by atoms with Crippen LogP contribution in [0.15, 0.2) is 23.0 Å². The first-order chi connectivity index (χ1) is 6.07. The molecule has 0 N–H and O–H groups in total. The van der Waals surface area contributed by atoms with Crippen LogP contribution in [0.25, 0.3) is 0 Å². The Morgan fingerprint density at radius 3 is 2.31 bits per heavy atom. The summed E-state index contributed by atoms with van der Waals surface area (Å²) in [4.78, 5) is 10.0. The number of carbonyl (C=O) groups is 1. The third-order valence-corrected chi connectivity index (χ3v) is 1.90. The highest BCUT2D eigenvalue weighted by Gasteiger charge is 1.96. The lowest BCUT2D eigenvalue weighted by atomic mass is 10.1. The number of hydrogen-bond acceptors (Lipinski definition) is 2. The van der Waals surface area contributed by atoms with Gasteiger partial charge in [-0.2, -0.15) is 0 Å². The molecule has 13 heavy (non-hydrogen) atoms. The van der Waals surface area contributed by atoms with Crippen LogP contribution in [-0.2, 0) is 9.53 Å². The standard InChI is InChI=1S/C11H18O2/c1-9(2)6-5-7-10(3)11(4)13-8-12/h6,8H,5,7H2,1-4H3. The average Bonchev–Trinajstić information content (AvgIpc) is 2.04. The molecule has 0 aromatic heterocycles. The Labute approximate surface area is 80.3 Å². The molecule has 0 aromatic rings. The van der Waals surface area contributed by atoms with Gasteiger partial charge in [-0.15, -0.1) is 0 Å². The molecule has 0 fully saturated rings. The largest absolute Gasteiger partial charge is 0.434 e. The van der Waals surface area contributed by atoms with E-state index in [1.807, 2.05) is 13.8 Å². The summed E-state index contributed by atoms with van der Waals surface area (Å²) in [5, 5.41) is 0. The SMILES string of the molecule is CC(C)=CCCC(C)=C(C)OC=O. The maximum absolute atomic E-state index is 10.0. The van der Waals surface area contributed by atoms with Crippen LogP contribution in [0.2, 0.25) is 0 Å². The van der Waals surface area contributed by atoms with Crippen molar-refractivity contribution in [3.63, 3.8) is 0 Å². The summed E-state index contributed by atoms with van der Waals surface area (Å²) >= 11 is 0. The predicted octanol–water partition coefficient (Wildman–Crippen LogP) is 3.20. The molecule has 0 aromatic carbocycles. The van der Waals surface area contributed by atoms with Crippen LogP contribution in [0.3, 0.4) is 0 Å². The molecule has 0 aliphatic carbocycles. The maximum atomic E-state index is 10.0. The monoisotopic (exact) mass is 182 g/mol. The van der Waals surface area contributed by atoms with Crippen molar-refractivity contribution in [1.29, 1.82) is 0 Å². The van der Waals surface area contributed by atoms with Crippen LogP contribution in [-0.4, -0.2) is 6.47 Å². The zero-order valence-corrected chi connectivity index (χ0v) is 8.89. The second kappa shape index (κ2) is 6.46. The minimum absolute atomic E-state index is 0.472. The molecule has 0 rings (SSSR count). The molecule has 0 spiro atoms. The molecular weight excluding hydrogens is 164 g/mol. The highest BCUT2D eigenvalue weighted by atomic mass is 16.5. The van der Waals surface area contributed by atoms with Crippen molar-refractivity contribution >= 4 is 6.47 Å². The molecule has 2 heteroatoms. The van der Waals surface area contributed by atoms with Gasteiger partial charge in [0, 0.05) is 0 Å². The molecule has 0 unspecified atom stereocenters. The van der Waals surface area contributed by atoms with Gasteiger partial charge < -0.3 is 4.74 Å². The highest BCUT2D eigenvalue weighted by Crippen LogP contribution is 2.11. The number of hydrogen-bond donors (Lipinski definition) is 0. The fourth-order valence-corrected chi connectivity index (χ4v) is 0.926. The van der Waals surface area contributed by atoms with Crippen molar-refractivity contribution in [2.24, 2.45) is 0 Å². The fourth-order valence-electron chi connectivity index (χ4n) is 0.926. The topological polar surface area (TPSA) is 26.3 Å². The molecule has 0 aliphatic rings. The van der Waals surface area contributed by atoms with E-state index < -0.39 is 0 Å². The van der Waals surface area contributed by atoms with Gasteiger partial charge in [-0.1, -0.05) is 11.6 Å². The Kier molecular flexibility index (Phi) is 5.94. The lowest BCUT2D eigenvalue weighted by molar-refractivity contribution is -0.125. The number of ether oxygens (including phenoxy) is 1.